The van der Waals surface area contributed by atoms with Crippen LogP contribution in [0.15, 0.2) is 36.4 Å². The summed E-state index contributed by atoms with van der Waals surface area (Å²) in [4.78, 5) is 0. The van der Waals surface area contributed by atoms with E-state index in [1.807, 2.05) is 7.05 Å². The summed E-state index contributed by atoms with van der Waals surface area (Å²) in [6, 6.07) is 13.0. The molecule has 0 bridgehead atoms. The predicted molar refractivity (Wildman–Crippen MR) is 62.9 cm³/mol. The Kier molecular flexibility index (Phi) is 2.40. The van der Waals surface area contributed by atoms with Crippen molar-refractivity contribution in [1.29, 1.82) is 0 Å². The van der Waals surface area contributed by atoms with Crippen molar-refractivity contribution in [2.75, 3.05) is 12.4 Å². The van der Waals surface area contributed by atoms with Gasteiger partial charge in [0.15, 0.2) is 0 Å². The van der Waals surface area contributed by atoms with Gasteiger partial charge < -0.3 is 5.32 Å². The fourth-order valence-electron chi connectivity index (χ4n) is 1.81. The van der Waals surface area contributed by atoms with Gasteiger partial charge >= 0.3 is 0 Å². The van der Waals surface area contributed by atoms with E-state index in [2.05, 4.69) is 48.6 Å². The third-order valence-electron chi connectivity index (χ3n) is 2.62. The molecule has 2 aromatic rings. The molecule has 0 fully saturated rings. The summed E-state index contributed by atoms with van der Waals surface area (Å²) in [6.07, 6.45) is 1.07. The highest BCUT2D eigenvalue weighted by Crippen LogP contribution is 2.23. The van der Waals surface area contributed by atoms with Gasteiger partial charge in [0.25, 0.3) is 0 Å². The predicted octanol–water partition coefficient (Wildman–Crippen LogP) is 3.44. The summed E-state index contributed by atoms with van der Waals surface area (Å²) >= 11 is 0. The first-order valence-corrected chi connectivity index (χ1v) is 5.04. The number of nitrogens with one attached hydrogen (secondary N) is 1. The summed E-state index contributed by atoms with van der Waals surface area (Å²) in [6.45, 7) is 2.19. The van der Waals surface area contributed by atoms with E-state index in [4.69, 9.17) is 0 Å². The van der Waals surface area contributed by atoms with Crippen molar-refractivity contribution in [1.82, 2.24) is 0 Å². The van der Waals surface area contributed by atoms with Crippen molar-refractivity contribution in [2.24, 2.45) is 0 Å². The molecule has 1 nitrogen and oxygen atoms in total. The molecule has 1 N–H and O–H groups in total. The molecule has 0 aliphatic carbocycles. The van der Waals surface area contributed by atoms with Gasteiger partial charge in [-0.2, -0.15) is 0 Å². The van der Waals surface area contributed by atoms with Crippen LogP contribution in [0.25, 0.3) is 10.8 Å². The Morgan fingerprint density at radius 2 is 1.71 bits per heavy atom. The maximum atomic E-state index is 3.24. The second-order valence-electron chi connectivity index (χ2n) is 3.46. The molecule has 0 atom stereocenters. The van der Waals surface area contributed by atoms with Crippen molar-refractivity contribution in [3.63, 3.8) is 0 Å². The molecular weight excluding hydrogens is 170 g/mol. The topological polar surface area (TPSA) is 12.0 Å². The fraction of sp³-hybridized carbons (Fsp3) is 0.231. The minimum atomic E-state index is 1.07. The molecule has 0 saturated heterocycles. The number of benzene rings is 2. The Hall–Kier alpha value is -1.50. The Balaban J connectivity index is 2.69. The van der Waals surface area contributed by atoms with Crippen molar-refractivity contribution in [3.8, 4) is 0 Å². The van der Waals surface area contributed by atoms with Crippen LogP contribution in [0.1, 0.15) is 12.5 Å². The minimum absolute atomic E-state index is 1.07. The van der Waals surface area contributed by atoms with Crippen LogP contribution < -0.4 is 5.32 Å². The lowest BCUT2D eigenvalue weighted by Gasteiger charge is -2.09. The Bertz CT molecular complexity index is 403. The molecule has 0 spiro atoms. The molecule has 0 saturated carbocycles. The van der Waals surface area contributed by atoms with Crippen LogP contribution in [0.5, 0.6) is 0 Å². The molecule has 0 aliphatic heterocycles. The van der Waals surface area contributed by atoms with Crippen LogP contribution in [0.3, 0.4) is 0 Å². The van der Waals surface area contributed by atoms with Crippen LogP contribution >= 0.6 is 0 Å². The molecule has 0 amide bonds. The number of anilines is 1. The van der Waals surface area contributed by atoms with Crippen LogP contribution in [-0.4, -0.2) is 7.05 Å². The van der Waals surface area contributed by atoms with Gasteiger partial charge in [-0.3, -0.25) is 0 Å². The second-order valence-corrected chi connectivity index (χ2v) is 3.46. The van der Waals surface area contributed by atoms with Crippen LogP contribution in [0.2, 0.25) is 0 Å². The number of aryl methyl sites for hydroxylation is 1. The summed E-state index contributed by atoms with van der Waals surface area (Å²) in [5.41, 5.74) is 2.62. The smallest absolute Gasteiger partial charge is 0.0376 e. The van der Waals surface area contributed by atoms with E-state index in [-0.39, 0.29) is 0 Å². The molecule has 1 heteroatoms. The maximum Gasteiger partial charge on any atom is 0.0376 e. The van der Waals surface area contributed by atoms with Crippen molar-refractivity contribution < 1.29 is 0 Å². The van der Waals surface area contributed by atoms with Gasteiger partial charge in [-0.15, -0.1) is 0 Å². The third-order valence-corrected chi connectivity index (χ3v) is 2.62. The highest BCUT2D eigenvalue weighted by Gasteiger charge is 2.00. The zero-order valence-corrected chi connectivity index (χ0v) is 8.67. The van der Waals surface area contributed by atoms with Crippen molar-refractivity contribution >= 4 is 16.5 Å². The minimum Gasteiger partial charge on any atom is -0.388 e. The molecule has 0 heterocycles. The second kappa shape index (κ2) is 3.70. The van der Waals surface area contributed by atoms with E-state index < -0.39 is 0 Å². The van der Waals surface area contributed by atoms with E-state index in [0.29, 0.717) is 0 Å². The monoisotopic (exact) mass is 185 g/mol. The molecule has 2 aromatic carbocycles. The molecule has 72 valence electrons. The zero-order valence-electron chi connectivity index (χ0n) is 8.67. The standard InChI is InChI=1S/C13H15N/c1-3-10-8-11-6-4-5-7-12(11)9-13(10)14-2/h4-9,14H,3H2,1-2H3. The van der Waals surface area contributed by atoms with Gasteiger partial charge in [-0.1, -0.05) is 31.2 Å². The first kappa shape index (κ1) is 9.07. The van der Waals surface area contributed by atoms with E-state index >= 15 is 0 Å². The van der Waals surface area contributed by atoms with Gasteiger partial charge in [0.2, 0.25) is 0 Å². The molecule has 0 unspecified atom stereocenters. The summed E-state index contributed by atoms with van der Waals surface area (Å²) < 4.78 is 0. The maximum absolute atomic E-state index is 3.24. The third kappa shape index (κ3) is 1.46. The van der Waals surface area contributed by atoms with Crippen LogP contribution in [0.4, 0.5) is 5.69 Å². The first-order valence-electron chi connectivity index (χ1n) is 5.04. The highest BCUT2D eigenvalue weighted by atomic mass is 14.8. The van der Waals surface area contributed by atoms with Gasteiger partial charge in [-0.25, -0.2) is 0 Å². The van der Waals surface area contributed by atoms with E-state index in [0.717, 1.165) is 6.42 Å². The summed E-state index contributed by atoms with van der Waals surface area (Å²) in [5.74, 6) is 0. The number of hydrogen-bond donors (Lipinski definition) is 1. The molecular formula is C13H15N. The Morgan fingerprint density at radius 3 is 2.29 bits per heavy atom. The van der Waals surface area contributed by atoms with E-state index in [1.165, 1.54) is 22.0 Å². The fourth-order valence-corrected chi connectivity index (χ4v) is 1.81. The van der Waals surface area contributed by atoms with E-state index in [1.54, 1.807) is 0 Å². The van der Waals surface area contributed by atoms with Gasteiger partial charge in [-0.05, 0) is 34.9 Å². The Morgan fingerprint density at radius 1 is 1.07 bits per heavy atom. The van der Waals surface area contributed by atoms with Gasteiger partial charge in [0.05, 0.1) is 0 Å². The molecule has 2 rings (SSSR count). The number of rotatable bonds is 2. The van der Waals surface area contributed by atoms with Crippen LogP contribution in [0, 0.1) is 0 Å². The van der Waals surface area contributed by atoms with Crippen LogP contribution in [-0.2, 0) is 6.42 Å². The van der Waals surface area contributed by atoms with Crippen molar-refractivity contribution in [2.45, 2.75) is 13.3 Å². The lowest BCUT2D eigenvalue weighted by molar-refractivity contribution is 1.14. The van der Waals surface area contributed by atoms with Gasteiger partial charge in [0, 0.05) is 12.7 Å². The largest absolute Gasteiger partial charge is 0.388 e. The highest BCUT2D eigenvalue weighted by molar-refractivity contribution is 5.87. The Labute approximate surface area is 84.8 Å². The molecule has 0 radical (unpaired) electrons. The molecule has 0 aliphatic rings. The number of fused-ring (bicyclic) bond motifs is 1. The first-order chi connectivity index (χ1) is 6.85. The normalized spacial score (nSPS) is 10.4. The SMILES string of the molecule is CCc1cc2ccccc2cc1NC. The average molecular weight is 185 g/mol. The quantitative estimate of drug-likeness (QED) is 0.755. The zero-order chi connectivity index (χ0) is 9.97. The van der Waals surface area contributed by atoms with E-state index in [9.17, 15) is 0 Å². The summed E-state index contributed by atoms with van der Waals surface area (Å²) in [5, 5.41) is 5.86. The molecule has 0 aromatic heterocycles. The lowest BCUT2D eigenvalue weighted by atomic mass is 10.0. The molecule has 14 heavy (non-hydrogen) atoms. The van der Waals surface area contributed by atoms with Crippen molar-refractivity contribution in [3.05, 3.63) is 42.0 Å². The lowest BCUT2D eigenvalue weighted by Crippen LogP contribution is -1.94. The average Bonchev–Trinajstić information content (AvgIpc) is 2.27. The van der Waals surface area contributed by atoms with Gasteiger partial charge in [0.1, 0.15) is 0 Å². The summed E-state index contributed by atoms with van der Waals surface area (Å²) in [7, 11) is 1.98. The number of hydrogen-bond acceptors (Lipinski definition) is 1.